The topological polar surface area (TPSA) is 75.7 Å². The van der Waals surface area contributed by atoms with Crippen LogP contribution in [-0.4, -0.2) is 55.2 Å². The summed E-state index contributed by atoms with van der Waals surface area (Å²) in [5.74, 6) is -1.17. The molecular weight excluding hydrogens is 304 g/mol. The van der Waals surface area contributed by atoms with Crippen molar-refractivity contribution in [2.45, 2.75) is 17.1 Å². The molecule has 0 saturated carbocycles. The van der Waals surface area contributed by atoms with Gasteiger partial charge in [-0.05, 0) is 19.1 Å². The minimum Gasteiger partial charge on any atom is -0.455 e. The summed E-state index contributed by atoms with van der Waals surface area (Å²) in [4.78, 5) is 36.9. The predicted molar refractivity (Wildman–Crippen MR) is 84.4 cm³/mol. The van der Waals surface area contributed by atoms with E-state index in [2.05, 4.69) is 5.32 Å². The Bertz CT molecular complexity index is 522. The molecule has 1 aromatic rings. The first-order chi connectivity index (χ1) is 10.4. The van der Waals surface area contributed by atoms with Crippen LogP contribution in [0.3, 0.4) is 0 Å². The lowest BCUT2D eigenvalue weighted by Gasteiger charge is -2.17. The van der Waals surface area contributed by atoms with Crippen LogP contribution < -0.4 is 5.32 Å². The molecule has 6 nitrogen and oxygen atoms in total. The SMILES string of the molecule is CNC(=O)CN(C)C(=O)COC(=O)[C@H](C)Sc1ccccc1. The molecule has 0 spiro atoms. The van der Waals surface area contributed by atoms with E-state index >= 15 is 0 Å². The summed E-state index contributed by atoms with van der Waals surface area (Å²) in [6.45, 7) is 1.28. The number of nitrogens with zero attached hydrogens (tertiary/aromatic N) is 1. The Morgan fingerprint density at radius 3 is 2.50 bits per heavy atom. The van der Waals surface area contributed by atoms with Gasteiger partial charge in [-0.15, -0.1) is 11.8 Å². The third-order valence-electron chi connectivity index (χ3n) is 2.81. The number of thioether (sulfide) groups is 1. The second-order valence-electron chi connectivity index (χ2n) is 4.60. The van der Waals surface area contributed by atoms with Crippen molar-refractivity contribution < 1.29 is 19.1 Å². The number of ether oxygens (including phenoxy) is 1. The van der Waals surface area contributed by atoms with E-state index in [1.54, 1.807) is 6.92 Å². The van der Waals surface area contributed by atoms with Crippen molar-refractivity contribution in [3.05, 3.63) is 30.3 Å². The maximum atomic E-state index is 11.9. The average Bonchev–Trinajstić information content (AvgIpc) is 2.52. The van der Waals surface area contributed by atoms with Gasteiger partial charge in [0.05, 0.1) is 6.54 Å². The highest BCUT2D eigenvalue weighted by molar-refractivity contribution is 8.00. The number of nitrogens with one attached hydrogen (secondary N) is 1. The molecule has 0 heterocycles. The van der Waals surface area contributed by atoms with E-state index in [9.17, 15) is 14.4 Å². The quantitative estimate of drug-likeness (QED) is 0.596. The average molecular weight is 324 g/mol. The summed E-state index contributed by atoms with van der Waals surface area (Å²) in [5, 5.41) is 2.00. The summed E-state index contributed by atoms with van der Waals surface area (Å²) in [7, 11) is 2.97. The van der Waals surface area contributed by atoms with Gasteiger partial charge in [0, 0.05) is 19.0 Å². The first-order valence-electron chi connectivity index (χ1n) is 6.77. The summed E-state index contributed by atoms with van der Waals surface area (Å²) < 4.78 is 4.99. The van der Waals surface area contributed by atoms with E-state index in [-0.39, 0.29) is 19.1 Å². The molecule has 2 amide bonds. The number of carbonyl (C=O) groups is 3. The highest BCUT2D eigenvalue weighted by Crippen LogP contribution is 2.23. The molecule has 1 atom stereocenters. The Hall–Kier alpha value is -2.02. The lowest BCUT2D eigenvalue weighted by atomic mass is 10.4. The molecule has 0 aliphatic carbocycles. The number of hydrogen-bond donors (Lipinski definition) is 1. The van der Waals surface area contributed by atoms with Gasteiger partial charge in [0.25, 0.3) is 5.91 Å². The van der Waals surface area contributed by atoms with Gasteiger partial charge in [0.2, 0.25) is 5.91 Å². The van der Waals surface area contributed by atoms with Crippen LogP contribution in [0.2, 0.25) is 0 Å². The van der Waals surface area contributed by atoms with E-state index in [0.29, 0.717) is 0 Å². The van der Waals surface area contributed by atoms with Crippen molar-refractivity contribution in [2.24, 2.45) is 0 Å². The number of carbonyl (C=O) groups excluding carboxylic acids is 3. The Morgan fingerprint density at radius 1 is 1.27 bits per heavy atom. The molecule has 0 fully saturated rings. The number of likely N-dealkylation sites (N-methyl/N-ethyl adjacent to an activating group) is 2. The van der Waals surface area contributed by atoms with Crippen molar-refractivity contribution in [1.82, 2.24) is 10.2 Å². The van der Waals surface area contributed by atoms with Gasteiger partial charge < -0.3 is 15.0 Å². The van der Waals surface area contributed by atoms with Gasteiger partial charge >= 0.3 is 5.97 Å². The molecule has 1 rings (SSSR count). The van der Waals surface area contributed by atoms with Crippen LogP contribution in [0.25, 0.3) is 0 Å². The van der Waals surface area contributed by atoms with E-state index in [1.807, 2.05) is 30.3 Å². The monoisotopic (exact) mass is 324 g/mol. The zero-order valence-electron chi connectivity index (χ0n) is 12.9. The first kappa shape index (κ1) is 18.0. The molecule has 0 aromatic heterocycles. The number of amides is 2. The van der Waals surface area contributed by atoms with Gasteiger partial charge in [-0.1, -0.05) is 18.2 Å². The van der Waals surface area contributed by atoms with Crippen molar-refractivity contribution in [1.29, 1.82) is 0 Å². The van der Waals surface area contributed by atoms with Crippen LogP contribution in [0.1, 0.15) is 6.92 Å². The fraction of sp³-hybridized carbons (Fsp3) is 0.400. The molecule has 7 heteroatoms. The molecule has 0 radical (unpaired) electrons. The maximum absolute atomic E-state index is 11.9. The van der Waals surface area contributed by atoms with Crippen LogP contribution in [0.4, 0.5) is 0 Å². The van der Waals surface area contributed by atoms with E-state index in [1.165, 1.54) is 30.8 Å². The fourth-order valence-electron chi connectivity index (χ4n) is 1.49. The molecule has 1 N–H and O–H groups in total. The smallest absolute Gasteiger partial charge is 0.319 e. The Balaban J connectivity index is 2.38. The van der Waals surface area contributed by atoms with Crippen molar-refractivity contribution in [2.75, 3.05) is 27.2 Å². The van der Waals surface area contributed by atoms with Crippen LogP contribution in [0.15, 0.2) is 35.2 Å². The molecule has 0 unspecified atom stereocenters. The second-order valence-corrected chi connectivity index (χ2v) is 6.02. The highest BCUT2D eigenvalue weighted by atomic mass is 32.2. The lowest BCUT2D eigenvalue weighted by Crippen LogP contribution is -2.39. The Morgan fingerprint density at radius 2 is 1.91 bits per heavy atom. The van der Waals surface area contributed by atoms with Gasteiger partial charge in [-0.2, -0.15) is 0 Å². The molecule has 0 aliphatic heterocycles. The highest BCUT2D eigenvalue weighted by Gasteiger charge is 2.19. The van der Waals surface area contributed by atoms with Crippen molar-refractivity contribution in [3.8, 4) is 0 Å². The number of rotatable bonds is 7. The number of esters is 1. The molecule has 22 heavy (non-hydrogen) atoms. The van der Waals surface area contributed by atoms with E-state index < -0.39 is 17.1 Å². The van der Waals surface area contributed by atoms with Crippen LogP contribution >= 0.6 is 11.8 Å². The largest absolute Gasteiger partial charge is 0.455 e. The number of benzene rings is 1. The van der Waals surface area contributed by atoms with Gasteiger partial charge in [0.15, 0.2) is 6.61 Å². The molecule has 0 aliphatic rings. The molecule has 0 saturated heterocycles. The molecule has 1 aromatic carbocycles. The minimum absolute atomic E-state index is 0.0683. The van der Waals surface area contributed by atoms with Crippen molar-refractivity contribution >= 4 is 29.5 Å². The van der Waals surface area contributed by atoms with Crippen LogP contribution in [0, 0.1) is 0 Å². The fourth-order valence-corrected chi connectivity index (χ4v) is 2.38. The molecule has 0 bridgehead atoms. The third kappa shape index (κ3) is 6.17. The lowest BCUT2D eigenvalue weighted by molar-refractivity contribution is -0.151. The number of hydrogen-bond acceptors (Lipinski definition) is 5. The summed E-state index contributed by atoms with van der Waals surface area (Å²) in [5.41, 5.74) is 0. The maximum Gasteiger partial charge on any atom is 0.319 e. The van der Waals surface area contributed by atoms with Crippen molar-refractivity contribution in [3.63, 3.8) is 0 Å². The Labute approximate surface area is 134 Å². The van der Waals surface area contributed by atoms with E-state index in [0.717, 1.165) is 4.90 Å². The van der Waals surface area contributed by atoms with Gasteiger partial charge in [-0.3, -0.25) is 14.4 Å². The van der Waals surface area contributed by atoms with Gasteiger partial charge in [0.1, 0.15) is 5.25 Å². The Kier molecular flexibility index (Phi) is 7.45. The zero-order chi connectivity index (χ0) is 16.5. The summed E-state index contributed by atoms with van der Waals surface area (Å²) in [6.07, 6.45) is 0. The molecular formula is C15H20N2O4S. The molecule has 120 valence electrons. The van der Waals surface area contributed by atoms with E-state index in [4.69, 9.17) is 4.74 Å². The zero-order valence-corrected chi connectivity index (χ0v) is 13.7. The standard InChI is InChI=1S/C15H20N2O4S/c1-11(22-12-7-5-4-6-8-12)15(20)21-10-14(19)17(3)9-13(18)16-2/h4-8,11H,9-10H2,1-3H3,(H,16,18)/t11-/m0/s1. The van der Waals surface area contributed by atoms with Crippen LogP contribution in [0.5, 0.6) is 0 Å². The van der Waals surface area contributed by atoms with Crippen LogP contribution in [-0.2, 0) is 19.1 Å². The normalized spacial score (nSPS) is 11.4. The van der Waals surface area contributed by atoms with Gasteiger partial charge in [-0.25, -0.2) is 0 Å². The second kappa shape index (κ2) is 9.09. The third-order valence-corrected chi connectivity index (χ3v) is 3.90. The predicted octanol–water partition coefficient (Wildman–Crippen LogP) is 0.915. The summed E-state index contributed by atoms with van der Waals surface area (Å²) in [6, 6.07) is 9.47. The summed E-state index contributed by atoms with van der Waals surface area (Å²) >= 11 is 1.36. The minimum atomic E-state index is -0.462. The first-order valence-corrected chi connectivity index (χ1v) is 7.65.